The molecule has 0 amide bonds. The molecular formula is C13H15N3O3. The van der Waals surface area contributed by atoms with Crippen LogP contribution in [-0.2, 0) is 15.0 Å². The van der Waals surface area contributed by atoms with E-state index >= 15 is 0 Å². The van der Waals surface area contributed by atoms with E-state index in [1.165, 1.54) is 26.0 Å². The third-order valence-electron chi connectivity index (χ3n) is 3.27. The van der Waals surface area contributed by atoms with Crippen LogP contribution in [0.4, 0.5) is 11.4 Å². The maximum absolute atomic E-state index is 11.7. The van der Waals surface area contributed by atoms with Crippen molar-refractivity contribution in [2.45, 2.75) is 19.3 Å². The number of aliphatic carboxylic acids is 1. The molecule has 0 aliphatic rings. The lowest BCUT2D eigenvalue weighted by Gasteiger charge is -2.24. The fourth-order valence-corrected chi connectivity index (χ4v) is 1.88. The van der Waals surface area contributed by atoms with Gasteiger partial charge >= 0.3 is 5.97 Å². The SMILES string of the molecule is CNc1c(N)ccc(C(C)(C(C)=O)C(=O)O)c1C#N. The number of carboxylic acid groups (broad SMARTS) is 1. The van der Waals surface area contributed by atoms with Gasteiger partial charge in [-0.3, -0.25) is 9.59 Å². The number of Topliss-reactive ketones (excluding diaryl/α,β-unsaturated/α-hetero) is 1. The molecule has 1 aromatic carbocycles. The monoisotopic (exact) mass is 261 g/mol. The van der Waals surface area contributed by atoms with Gasteiger partial charge in [-0.15, -0.1) is 0 Å². The molecule has 0 aromatic heterocycles. The number of nitriles is 1. The summed E-state index contributed by atoms with van der Waals surface area (Å²) < 4.78 is 0. The van der Waals surface area contributed by atoms with Crippen LogP contribution in [0.15, 0.2) is 12.1 Å². The Kier molecular flexibility index (Phi) is 3.80. The van der Waals surface area contributed by atoms with E-state index < -0.39 is 17.2 Å². The highest BCUT2D eigenvalue weighted by Crippen LogP contribution is 2.34. The van der Waals surface area contributed by atoms with Gasteiger partial charge in [0.05, 0.1) is 16.9 Å². The second-order valence-electron chi connectivity index (χ2n) is 4.30. The van der Waals surface area contributed by atoms with Gasteiger partial charge in [-0.05, 0) is 25.5 Å². The van der Waals surface area contributed by atoms with E-state index in [4.69, 9.17) is 5.73 Å². The van der Waals surface area contributed by atoms with Crippen LogP contribution in [0, 0.1) is 11.3 Å². The highest BCUT2D eigenvalue weighted by Gasteiger charge is 2.42. The lowest BCUT2D eigenvalue weighted by atomic mass is 9.76. The normalized spacial score (nSPS) is 13.2. The Morgan fingerprint density at radius 1 is 1.47 bits per heavy atom. The molecule has 0 aliphatic heterocycles. The van der Waals surface area contributed by atoms with Crippen LogP contribution in [-0.4, -0.2) is 23.9 Å². The smallest absolute Gasteiger partial charge is 0.321 e. The van der Waals surface area contributed by atoms with Crippen molar-refractivity contribution in [3.63, 3.8) is 0 Å². The zero-order valence-corrected chi connectivity index (χ0v) is 10.9. The average Bonchev–Trinajstić information content (AvgIpc) is 2.36. The van der Waals surface area contributed by atoms with Crippen molar-refractivity contribution in [2.24, 2.45) is 0 Å². The maximum Gasteiger partial charge on any atom is 0.321 e. The number of nitrogens with two attached hydrogens (primary N) is 1. The van der Waals surface area contributed by atoms with E-state index in [9.17, 15) is 20.0 Å². The van der Waals surface area contributed by atoms with Crippen molar-refractivity contribution in [2.75, 3.05) is 18.1 Å². The Bertz CT molecular complexity index is 574. The molecule has 1 aromatic rings. The number of carbonyl (C=O) groups is 2. The third-order valence-corrected chi connectivity index (χ3v) is 3.27. The van der Waals surface area contributed by atoms with Gasteiger partial charge in [0, 0.05) is 7.05 Å². The molecule has 0 radical (unpaired) electrons. The topological polar surface area (TPSA) is 116 Å². The summed E-state index contributed by atoms with van der Waals surface area (Å²) in [7, 11) is 1.57. The van der Waals surface area contributed by atoms with Crippen molar-refractivity contribution in [3.05, 3.63) is 23.3 Å². The summed E-state index contributed by atoms with van der Waals surface area (Å²) in [5.41, 5.74) is 4.80. The minimum atomic E-state index is -1.77. The number of hydrogen-bond donors (Lipinski definition) is 3. The molecule has 0 fully saturated rings. The zero-order valence-electron chi connectivity index (χ0n) is 10.9. The van der Waals surface area contributed by atoms with E-state index in [1.54, 1.807) is 7.05 Å². The third kappa shape index (κ3) is 2.10. The molecule has 1 atom stereocenters. The molecule has 100 valence electrons. The molecule has 0 spiro atoms. The number of rotatable bonds is 4. The van der Waals surface area contributed by atoms with Gasteiger partial charge in [-0.1, -0.05) is 6.07 Å². The highest BCUT2D eigenvalue weighted by molar-refractivity contribution is 6.08. The summed E-state index contributed by atoms with van der Waals surface area (Å²) in [6, 6.07) is 4.80. The first-order valence-electron chi connectivity index (χ1n) is 5.55. The van der Waals surface area contributed by atoms with Crippen LogP contribution in [0.2, 0.25) is 0 Å². The second kappa shape index (κ2) is 4.98. The lowest BCUT2D eigenvalue weighted by Crippen LogP contribution is -2.40. The van der Waals surface area contributed by atoms with Crippen molar-refractivity contribution in [1.29, 1.82) is 5.26 Å². The van der Waals surface area contributed by atoms with Gasteiger partial charge in [0.2, 0.25) is 0 Å². The number of ketones is 1. The molecule has 6 heteroatoms. The number of carboxylic acids is 1. The number of anilines is 2. The van der Waals surface area contributed by atoms with Crippen molar-refractivity contribution >= 4 is 23.1 Å². The number of hydrogen-bond acceptors (Lipinski definition) is 5. The standard InChI is InChI=1S/C13H15N3O3/c1-7(17)13(2,12(18)19)9-4-5-10(15)11(16-3)8(9)6-14/h4-5,16H,15H2,1-3H3,(H,18,19). The predicted molar refractivity (Wildman–Crippen MR) is 70.8 cm³/mol. The zero-order chi connectivity index (χ0) is 14.8. The maximum atomic E-state index is 11.7. The Morgan fingerprint density at radius 3 is 2.42 bits per heavy atom. The Morgan fingerprint density at radius 2 is 2.05 bits per heavy atom. The first kappa shape index (κ1) is 14.5. The summed E-state index contributed by atoms with van der Waals surface area (Å²) in [5.74, 6) is -1.85. The minimum absolute atomic E-state index is 0.0719. The second-order valence-corrected chi connectivity index (χ2v) is 4.30. The summed E-state index contributed by atoms with van der Waals surface area (Å²) in [4.78, 5) is 23.2. The average molecular weight is 261 g/mol. The van der Waals surface area contributed by atoms with Gasteiger partial charge in [0.25, 0.3) is 0 Å². The van der Waals surface area contributed by atoms with Crippen LogP contribution in [0.5, 0.6) is 0 Å². The molecule has 1 rings (SSSR count). The van der Waals surface area contributed by atoms with E-state index in [-0.39, 0.29) is 11.1 Å². The molecule has 6 nitrogen and oxygen atoms in total. The molecule has 4 N–H and O–H groups in total. The molecule has 0 saturated heterocycles. The largest absolute Gasteiger partial charge is 0.480 e. The number of nitrogen functional groups attached to an aromatic ring is 1. The number of nitrogens with zero attached hydrogens (tertiary/aromatic N) is 1. The first-order valence-corrected chi connectivity index (χ1v) is 5.55. The van der Waals surface area contributed by atoms with Crippen molar-refractivity contribution in [3.8, 4) is 6.07 Å². The van der Waals surface area contributed by atoms with Gasteiger partial charge in [0.15, 0.2) is 5.78 Å². The Balaban J connectivity index is 3.73. The summed E-state index contributed by atoms with van der Waals surface area (Å²) in [6.07, 6.45) is 0. The fraction of sp³-hybridized carbons (Fsp3) is 0.308. The minimum Gasteiger partial charge on any atom is -0.480 e. The Labute approximate surface area is 110 Å². The molecule has 0 heterocycles. The van der Waals surface area contributed by atoms with E-state index in [2.05, 4.69) is 5.32 Å². The van der Waals surface area contributed by atoms with Crippen molar-refractivity contribution < 1.29 is 14.7 Å². The highest BCUT2D eigenvalue weighted by atomic mass is 16.4. The molecule has 19 heavy (non-hydrogen) atoms. The number of benzene rings is 1. The first-order chi connectivity index (χ1) is 8.80. The van der Waals surface area contributed by atoms with Crippen LogP contribution in [0.25, 0.3) is 0 Å². The number of carbonyl (C=O) groups excluding carboxylic acids is 1. The lowest BCUT2D eigenvalue weighted by molar-refractivity contribution is -0.147. The number of nitrogens with one attached hydrogen (secondary N) is 1. The molecule has 0 aliphatic carbocycles. The van der Waals surface area contributed by atoms with Crippen LogP contribution < -0.4 is 11.1 Å². The van der Waals surface area contributed by atoms with E-state index in [0.717, 1.165) is 0 Å². The predicted octanol–water partition coefficient (Wildman–Crippen LogP) is 1.11. The van der Waals surface area contributed by atoms with Gasteiger partial charge in [-0.25, -0.2) is 0 Å². The van der Waals surface area contributed by atoms with E-state index in [1.807, 2.05) is 6.07 Å². The summed E-state index contributed by atoms with van der Waals surface area (Å²) in [5, 5.41) is 21.3. The Hall–Kier alpha value is -2.55. The van der Waals surface area contributed by atoms with Crippen LogP contribution >= 0.6 is 0 Å². The molecular weight excluding hydrogens is 246 g/mol. The van der Waals surface area contributed by atoms with Gasteiger partial charge in [-0.2, -0.15) is 5.26 Å². The fourth-order valence-electron chi connectivity index (χ4n) is 1.88. The van der Waals surface area contributed by atoms with Crippen molar-refractivity contribution in [1.82, 2.24) is 0 Å². The van der Waals surface area contributed by atoms with Gasteiger partial charge < -0.3 is 16.2 Å². The molecule has 1 unspecified atom stereocenters. The summed E-state index contributed by atoms with van der Waals surface area (Å²) in [6.45, 7) is 2.47. The summed E-state index contributed by atoms with van der Waals surface area (Å²) >= 11 is 0. The van der Waals surface area contributed by atoms with E-state index in [0.29, 0.717) is 11.4 Å². The molecule has 0 saturated carbocycles. The van der Waals surface area contributed by atoms with Gasteiger partial charge in [0.1, 0.15) is 11.5 Å². The van der Waals surface area contributed by atoms with Crippen LogP contribution in [0.1, 0.15) is 25.0 Å². The van der Waals surface area contributed by atoms with Crippen LogP contribution in [0.3, 0.4) is 0 Å². The molecule has 0 bridgehead atoms. The quantitative estimate of drug-likeness (QED) is 0.552.